The topological polar surface area (TPSA) is 57.8 Å². The van der Waals surface area contributed by atoms with Gasteiger partial charge in [0.05, 0.1) is 5.69 Å². The molecule has 0 unspecified atom stereocenters. The highest BCUT2D eigenvalue weighted by molar-refractivity contribution is 5.10. The maximum Gasteiger partial charge on any atom is 0.251 e. The first-order chi connectivity index (χ1) is 8.31. The van der Waals surface area contributed by atoms with Crippen LogP contribution >= 0.6 is 0 Å². The molecular formula is C13H19N3O. The van der Waals surface area contributed by atoms with E-state index in [1.165, 1.54) is 25.7 Å². The summed E-state index contributed by atoms with van der Waals surface area (Å²) in [5.41, 5.74) is 1.04. The van der Waals surface area contributed by atoms with Crippen LogP contribution in [0.4, 0.5) is 0 Å². The fraction of sp³-hybridized carbons (Fsp3) is 0.692. The van der Waals surface area contributed by atoms with E-state index < -0.39 is 0 Å². The highest BCUT2D eigenvalue weighted by Crippen LogP contribution is 2.32. The van der Waals surface area contributed by atoms with E-state index in [1.807, 2.05) is 0 Å². The second-order valence-corrected chi connectivity index (χ2v) is 5.33. The first-order valence-electron chi connectivity index (χ1n) is 6.62. The maximum absolute atomic E-state index is 11.6. The lowest BCUT2D eigenvalue weighted by atomic mass is 9.98. The van der Waals surface area contributed by atoms with Crippen LogP contribution in [0.15, 0.2) is 10.9 Å². The number of aromatic amines is 1. The van der Waals surface area contributed by atoms with Crippen LogP contribution in [0, 0.1) is 5.92 Å². The molecule has 0 spiro atoms. The summed E-state index contributed by atoms with van der Waals surface area (Å²) in [5, 5.41) is 3.25. The van der Waals surface area contributed by atoms with Crippen molar-refractivity contribution in [1.29, 1.82) is 0 Å². The molecule has 1 saturated heterocycles. The Labute approximate surface area is 101 Å². The summed E-state index contributed by atoms with van der Waals surface area (Å²) in [6.07, 6.45) is 5.85. The summed E-state index contributed by atoms with van der Waals surface area (Å²) in [6, 6.07) is 1.69. The van der Waals surface area contributed by atoms with Gasteiger partial charge in [-0.2, -0.15) is 0 Å². The number of aromatic nitrogens is 2. The molecular weight excluding hydrogens is 214 g/mol. The molecule has 2 heterocycles. The fourth-order valence-electron chi connectivity index (χ4n) is 2.82. The zero-order valence-electron chi connectivity index (χ0n) is 10.0. The van der Waals surface area contributed by atoms with Gasteiger partial charge in [0.25, 0.3) is 5.56 Å². The van der Waals surface area contributed by atoms with Crippen molar-refractivity contribution >= 4 is 0 Å². The molecule has 1 saturated carbocycles. The van der Waals surface area contributed by atoms with Gasteiger partial charge >= 0.3 is 0 Å². The lowest BCUT2D eigenvalue weighted by Crippen LogP contribution is -2.43. The summed E-state index contributed by atoms with van der Waals surface area (Å²) in [7, 11) is 0. The third-order valence-electron chi connectivity index (χ3n) is 3.93. The number of H-pyrrole nitrogens is 1. The summed E-state index contributed by atoms with van der Waals surface area (Å²) in [4.78, 5) is 19.2. The Balaban J connectivity index is 1.80. The number of rotatable bonds is 3. The standard InChI is InChI=1S/C13H19N3O/c17-13-6-11(10-3-1-2-4-10)15-12(16-13)5-9-7-14-8-9/h6,9-10,14H,1-5,7-8H2,(H,15,16,17). The minimum Gasteiger partial charge on any atom is -0.316 e. The molecule has 92 valence electrons. The lowest BCUT2D eigenvalue weighted by molar-refractivity contribution is 0.340. The van der Waals surface area contributed by atoms with E-state index in [4.69, 9.17) is 0 Å². The van der Waals surface area contributed by atoms with Crippen LogP contribution in [-0.4, -0.2) is 23.1 Å². The molecule has 1 aromatic heterocycles. The molecule has 2 aliphatic rings. The van der Waals surface area contributed by atoms with Crippen LogP contribution in [0.2, 0.25) is 0 Å². The Hall–Kier alpha value is -1.16. The first kappa shape index (κ1) is 11.0. The molecule has 4 nitrogen and oxygen atoms in total. The van der Waals surface area contributed by atoms with Crippen LogP contribution in [0.3, 0.4) is 0 Å². The monoisotopic (exact) mass is 233 g/mol. The minimum atomic E-state index is 0.0178. The highest BCUT2D eigenvalue weighted by atomic mass is 16.1. The predicted octanol–water partition coefficient (Wildman–Crippen LogP) is 1.19. The average molecular weight is 233 g/mol. The van der Waals surface area contributed by atoms with Gasteiger partial charge in [0, 0.05) is 18.4 Å². The van der Waals surface area contributed by atoms with E-state index in [0.29, 0.717) is 11.8 Å². The van der Waals surface area contributed by atoms with Crippen LogP contribution in [-0.2, 0) is 6.42 Å². The van der Waals surface area contributed by atoms with Crippen LogP contribution in [0.25, 0.3) is 0 Å². The number of nitrogens with zero attached hydrogens (tertiary/aromatic N) is 1. The summed E-state index contributed by atoms with van der Waals surface area (Å²) < 4.78 is 0. The SMILES string of the molecule is O=c1cc(C2CCCC2)nc(CC2CNC2)[nH]1. The molecule has 0 radical (unpaired) electrons. The van der Waals surface area contributed by atoms with Gasteiger partial charge in [-0.25, -0.2) is 4.98 Å². The highest BCUT2D eigenvalue weighted by Gasteiger charge is 2.21. The van der Waals surface area contributed by atoms with Gasteiger partial charge in [-0.05, 0) is 31.8 Å². The quantitative estimate of drug-likeness (QED) is 0.824. The smallest absolute Gasteiger partial charge is 0.251 e. The van der Waals surface area contributed by atoms with Gasteiger partial charge in [0.2, 0.25) is 0 Å². The summed E-state index contributed by atoms with van der Waals surface area (Å²) in [6.45, 7) is 2.11. The van der Waals surface area contributed by atoms with Crippen LogP contribution in [0.5, 0.6) is 0 Å². The maximum atomic E-state index is 11.6. The van der Waals surface area contributed by atoms with Gasteiger partial charge in [0.15, 0.2) is 0 Å². The van der Waals surface area contributed by atoms with E-state index in [2.05, 4.69) is 15.3 Å². The Morgan fingerprint density at radius 1 is 1.29 bits per heavy atom. The van der Waals surface area contributed by atoms with E-state index in [1.54, 1.807) is 6.07 Å². The molecule has 1 aliphatic heterocycles. The molecule has 0 atom stereocenters. The third-order valence-corrected chi connectivity index (χ3v) is 3.93. The van der Waals surface area contributed by atoms with E-state index >= 15 is 0 Å². The summed E-state index contributed by atoms with van der Waals surface area (Å²) >= 11 is 0. The van der Waals surface area contributed by atoms with Crippen molar-refractivity contribution < 1.29 is 0 Å². The van der Waals surface area contributed by atoms with Crippen molar-refractivity contribution in [2.75, 3.05) is 13.1 Å². The van der Waals surface area contributed by atoms with Gasteiger partial charge in [-0.3, -0.25) is 4.79 Å². The zero-order valence-corrected chi connectivity index (χ0v) is 10.0. The van der Waals surface area contributed by atoms with E-state index in [9.17, 15) is 4.79 Å². The molecule has 4 heteroatoms. The molecule has 0 aromatic carbocycles. The normalized spacial score (nSPS) is 21.6. The minimum absolute atomic E-state index is 0.0178. The van der Waals surface area contributed by atoms with Gasteiger partial charge in [0.1, 0.15) is 5.82 Å². The first-order valence-corrected chi connectivity index (χ1v) is 6.62. The molecule has 3 rings (SSSR count). The molecule has 17 heavy (non-hydrogen) atoms. The fourth-order valence-corrected chi connectivity index (χ4v) is 2.82. The number of hydrogen-bond donors (Lipinski definition) is 2. The van der Waals surface area contributed by atoms with E-state index in [0.717, 1.165) is 31.0 Å². The van der Waals surface area contributed by atoms with Crippen molar-refractivity contribution in [3.63, 3.8) is 0 Å². The molecule has 0 bridgehead atoms. The third kappa shape index (κ3) is 2.41. The molecule has 2 fully saturated rings. The zero-order chi connectivity index (χ0) is 11.7. The Morgan fingerprint density at radius 3 is 2.71 bits per heavy atom. The molecule has 1 aromatic rings. The van der Waals surface area contributed by atoms with Crippen molar-refractivity contribution in [1.82, 2.24) is 15.3 Å². The largest absolute Gasteiger partial charge is 0.316 e. The number of nitrogens with one attached hydrogen (secondary N) is 2. The molecule has 1 aliphatic carbocycles. The Bertz CT molecular complexity index is 444. The van der Waals surface area contributed by atoms with Gasteiger partial charge < -0.3 is 10.3 Å². The van der Waals surface area contributed by atoms with Crippen molar-refractivity contribution in [2.45, 2.75) is 38.0 Å². The van der Waals surface area contributed by atoms with E-state index in [-0.39, 0.29) is 5.56 Å². The van der Waals surface area contributed by atoms with Crippen molar-refractivity contribution in [2.24, 2.45) is 5.92 Å². The average Bonchev–Trinajstić information content (AvgIpc) is 2.76. The van der Waals surface area contributed by atoms with Crippen molar-refractivity contribution in [3.05, 3.63) is 27.9 Å². The summed E-state index contributed by atoms with van der Waals surface area (Å²) in [5.74, 6) is 2.05. The van der Waals surface area contributed by atoms with Gasteiger partial charge in [-0.1, -0.05) is 12.8 Å². The van der Waals surface area contributed by atoms with Crippen molar-refractivity contribution in [3.8, 4) is 0 Å². The second kappa shape index (κ2) is 4.61. The Morgan fingerprint density at radius 2 is 2.06 bits per heavy atom. The van der Waals surface area contributed by atoms with Crippen LogP contribution in [0.1, 0.15) is 43.1 Å². The predicted molar refractivity (Wildman–Crippen MR) is 66.1 cm³/mol. The lowest BCUT2D eigenvalue weighted by Gasteiger charge is -2.26. The van der Waals surface area contributed by atoms with Crippen LogP contribution < -0.4 is 10.9 Å². The Kier molecular flexibility index (Phi) is 2.97. The molecule has 2 N–H and O–H groups in total. The second-order valence-electron chi connectivity index (χ2n) is 5.33. The molecule has 0 amide bonds. The van der Waals surface area contributed by atoms with Gasteiger partial charge in [-0.15, -0.1) is 0 Å². The number of hydrogen-bond acceptors (Lipinski definition) is 3.